The Labute approximate surface area is 125 Å². The van der Waals surface area contributed by atoms with Crippen molar-refractivity contribution in [1.29, 1.82) is 0 Å². The Kier molecular flexibility index (Phi) is 4.38. The normalized spacial score (nSPS) is 15.7. The van der Waals surface area contributed by atoms with Gasteiger partial charge in [-0.3, -0.25) is 4.90 Å². The van der Waals surface area contributed by atoms with E-state index in [4.69, 9.17) is 0 Å². The summed E-state index contributed by atoms with van der Waals surface area (Å²) in [5.74, 6) is 0. The molecular weight excluding hydrogens is 264 g/mol. The van der Waals surface area contributed by atoms with Gasteiger partial charge >= 0.3 is 0 Å². The molecule has 1 aromatic heterocycles. The van der Waals surface area contributed by atoms with Gasteiger partial charge in [-0.05, 0) is 56.6 Å². The molecule has 1 N–H and O–H groups in total. The van der Waals surface area contributed by atoms with Crippen LogP contribution in [-0.2, 0) is 13.1 Å². The first-order chi connectivity index (χ1) is 9.81. The lowest BCUT2D eigenvalue weighted by Crippen LogP contribution is -2.19. The summed E-state index contributed by atoms with van der Waals surface area (Å²) in [4.78, 5) is 5.33. The van der Waals surface area contributed by atoms with Crippen LogP contribution in [0.4, 0.5) is 5.69 Å². The van der Waals surface area contributed by atoms with Crippen LogP contribution in [0.5, 0.6) is 0 Å². The molecule has 106 valence electrons. The summed E-state index contributed by atoms with van der Waals surface area (Å²) in [5, 5.41) is 3.60. The number of nitrogens with zero attached hydrogens (tertiary/aromatic N) is 1. The Bertz CT molecular complexity index is 556. The zero-order valence-corrected chi connectivity index (χ0v) is 12.9. The number of nitrogens with one attached hydrogen (secondary N) is 1. The molecule has 0 bridgehead atoms. The summed E-state index contributed by atoms with van der Waals surface area (Å²) in [6.07, 6.45) is 2.70. The van der Waals surface area contributed by atoms with Crippen molar-refractivity contribution in [2.45, 2.75) is 32.9 Å². The topological polar surface area (TPSA) is 15.3 Å². The minimum Gasteiger partial charge on any atom is -0.380 e. The Hall–Kier alpha value is -1.32. The lowest BCUT2D eigenvalue weighted by atomic mass is 10.1. The van der Waals surface area contributed by atoms with Gasteiger partial charge in [0.2, 0.25) is 0 Å². The summed E-state index contributed by atoms with van der Waals surface area (Å²) in [5.41, 5.74) is 2.70. The van der Waals surface area contributed by atoms with E-state index in [1.807, 2.05) is 11.3 Å². The van der Waals surface area contributed by atoms with Crippen molar-refractivity contribution in [2.24, 2.45) is 0 Å². The largest absolute Gasteiger partial charge is 0.380 e. The number of rotatable bonds is 5. The monoisotopic (exact) mass is 286 g/mol. The zero-order valence-electron chi connectivity index (χ0n) is 12.1. The highest BCUT2D eigenvalue weighted by atomic mass is 32.1. The van der Waals surface area contributed by atoms with Gasteiger partial charge in [0.15, 0.2) is 0 Å². The first-order valence-electron chi connectivity index (χ1n) is 7.41. The second kappa shape index (κ2) is 6.42. The maximum Gasteiger partial charge on any atom is 0.0494 e. The number of likely N-dealkylation sites (tertiary alicyclic amines) is 1. The average molecular weight is 286 g/mol. The van der Waals surface area contributed by atoms with Crippen molar-refractivity contribution in [1.82, 2.24) is 4.90 Å². The molecule has 0 aliphatic carbocycles. The number of thiophene rings is 1. The van der Waals surface area contributed by atoms with E-state index in [2.05, 4.69) is 53.5 Å². The fourth-order valence-electron chi connectivity index (χ4n) is 2.77. The Morgan fingerprint density at radius 1 is 1.10 bits per heavy atom. The van der Waals surface area contributed by atoms with E-state index in [0.29, 0.717) is 0 Å². The predicted octanol–water partition coefficient (Wildman–Crippen LogP) is 4.26. The van der Waals surface area contributed by atoms with Crippen molar-refractivity contribution in [3.05, 3.63) is 51.7 Å². The molecule has 0 amide bonds. The highest BCUT2D eigenvalue weighted by molar-refractivity contribution is 7.11. The molecule has 20 heavy (non-hydrogen) atoms. The number of aryl methyl sites for hydroxylation is 1. The van der Waals surface area contributed by atoms with Crippen LogP contribution in [0.25, 0.3) is 0 Å². The average Bonchev–Trinajstić information content (AvgIpc) is 3.10. The molecule has 0 unspecified atom stereocenters. The van der Waals surface area contributed by atoms with E-state index >= 15 is 0 Å². The van der Waals surface area contributed by atoms with Crippen molar-refractivity contribution < 1.29 is 0 Å². The Morgan fingerprint density at radius 3 is 2.65 bits per heavy atom. The van der Waals surface area contributed by atoms with E-state index in [1.54, 1.807) is 0 Å². The van der Waals surface area contributed by atoms with Crippen LogP contribution in [0, 0.1) is 6.92 Å². The second-order valence-corrected chi connectivity index (χ2v) is 6.88. The fourth-order valence-corrected chi connectivity index (χ4v) is 3.60. The minimum atomic E-state index is 0.926. The quantitative estimate of drug-likeness (QED) is 0.883. The van der Waals surface area contributed by atoms with Gasteiger partial charge in [-0.15, -0.1) is 11.3 Å². The maximum absolute atomic E-state index is 3.60. The minimum absolute atomic E-state index is 0.926. The third kappa shape index (κ3) is 3.41. The van der Waals surface area contributed by atoms with Gasteiger partial charge in [-0.2, -0.15) is 0 Å². The summed E-state index contributed by atoms with van der Waals surface area (Å²) >= 11 is 1.87. The molecule has 0 radical (unpaired) electrons. The van der Waals surface area contributed by atoms with Crippen molar-refractivity contribution in [2.75, 3.05) is 18.4 Å². The van der Waals surface area contributed by atoms with Gasteiger partial charge in [0.25, 0.3) is 0 Å². The molecule has 1 aromatic carbocycles. The molecule has 2 aromatic rings. The smallest absolute Gasteiger partial charge is 0.0494 e. The van der Waals surface area contributed by atoms with Crippen LogP contribution in [0.3, 0.4) is 0 Å². The van der Waals surface area contributed by atoms with E-state index < -0.39 is 0 Å². The zero-order chi connectivity index (χ0) is 13.8. The van der Waals surface area contributed by atoms with Gasteiger partial charge in [-0.25, -0.2) is 0 Å². The van der Waals surface area contributed by atoms with Crippen molar-refractivity contribution >= 4 is 17.0 Å². The SMILES string of the molecule is Cc1ccc(CNc2ccccc2CN2CCCC2)s1. The van der Waals surface area contributed by atoms with Gasteiger partial charge < -0.3 is 5.32 Å². The lowest BCUT2D eigenvalue weighted by Gasteiger charge is -2.18. The standard InChI is InChI=1S/C17H22N2S/c1-14-8-9-16(20-14)12-18-17-7-3-2-6-15(17)13-19-10-4-5-11-19/h2-3,6-9,18H,4-5,10-13H2,1H3. The molecule has 1 aliphatic heterocycles. The maximum atomic E-state index is 3.60. The van der Waals surface area contributed by atoms with Crippen LogP contribution in [0.15, 0.2) is 36.4 Å². The summed E-state index contributed by atoms with van der Waals surface area (Å²) in [7, 11) is 0. The van der Waals surface area contributed by atoms with Gasteiger partial charge in [-0.1, -0.05) is 18.2 Å². The number of hydrogen-bond donors (Lipinski definition) is 1. The van der Waals surface area contributed by atoms with E-state index in [-0.39, 0.29) is 0 Å². The molecular formula is C17H22N2S. The summed E-state index contributed by atoms with van der Waals surface area (Å²) in [6.45, 7) is 6.66. The van der Waals surface area contributed by atoms with Gasteiger partial charge in [0.1, 0.15) is 0 Å². The molecule has 0 atom stereocenters. The molecule has 1 saturated heterocycles. The third-order valence-electron chi connectivity index (χ3n) is 3.86. The molecule has 3 rings (SSSR count). The van der Waals surface area contributed by atoms with Gasteiger partial charge in [0, 0.05) is 28.5 Å². The number of benzene rings is 1. The van der Waals surface area contributed by atoms with Crippen LogP contribution in [0.2, 0.25) is 0 Å². The third-order valence-corrected chi connectivity index (χ3v) is 4.86. The van der Waals surface area contributed by atoms with E-state index in [0.717, 1.165) is 13.1 Å². The van der Waals surface area contributed by atoms with Crippen LogP contribution in [0.1, 0.15) is 28.2 Å². The van der Waals surface area contributed by atoms with Crippen LogP contribution in [-0.4, -0.2) is 18.0 Å². The fraction of sp³-hybridized carbons (Fsp3) is 0.412. The van der Waals surface area contributed by atoms with E-state index in [9.17, 15) is 0 Å². The van der Waals surface area contributed by atoms with Crippen molar-refractivity contribution in [3.8, 4) is 0 Å². The molecule has 1 fully saturated rings. The number of hydrogen-bond acceptors (Lipinski definition) is 3. The van der Waals surface area contributed by atoms with Crippen LogP contribution >= 0.6 is 11.3 Å². The Balaban J connectivity index is 1.65. The van der Waals surface area contributed by atoms with Crippen LogP contribution < -0.4 is 5.32 Å². The Morgan fingerprint density at radius 2 is 1.90 bits per heavy atom. The van der Waals surface area contributed by atoms with E-state index in [1.165, 1.54) is 46.9 Å². The highest BCUT2D eigenvalue weighted by Gasteiger charge is 2.13. The number of anilines is 1. The molecule has 0 spiro atoms. The van der Waals surface area contributed by atoms with Crippen molar-refractivity contribution in [3.63, 3.8) is 0 Å². The molecule has 1 aliphatic rings. The summed E-state index contributed by atoms with van der Waals surface area (Å²) in [6, 6.07) is 13.1. The van der Waals surface area contributed by atoms with Gasteiger partial charge in [0.05, 0.1) is 0 Å². The predicted molar refractivity (Wildman–Crippen MR) is 87.3 cm³/mol. The molecule has 2 nitrogen and oxygen atoms in total. The molecule has 0 saturated carbocycles. The highest BCUT2D eigenvalue weighted by Crippen LogP contribution is 2.22. The first kappa shape index (κ1) is 13.7. The lowest BCUT2D eigenvalue weighted by molar-refractivity contribution is 0.332. The second-order valence-electron chi connectivity index (χ2n) is 5.51. The molecule has 2 heterocycles. The number of para-hydroxylation sites is 1. The first-order valence-corrected chi connectivity index (χ1v) is 8.22. The molecule has 3 heteroatoms. The summed E-state index contributed by atoms with van der Waals surface area (Å²) < 4.78 is 0.